The Morgan fingerprint density at radius 2 is 1.90 bits per heavy atom. The molecule has 1 heterocycles. The first kappa shape index (κ1) is 15.5. The number of nitrogens with two attached hydrogens (primary N) is 1. The number of rotatable bonds is 4. The van der Waals surface area contributed by atoms with Gasteiger partial charge in [0, 0.05) is 28.2 Å². The van der Waals surface area contributed by atoms with Crippen molar-refractivity contribution in [3.05, 3.63) is 50.9 Å². The maximum absolute atomic E-state index is 5.93. The molecule has 0 saturated heterocycles. The molecule has 0 aliphatic carbocycles. The molecule has 0 amide bonds. The van der Waals surface area contributed by atoms with Crippen molar-refractivity contribution in [1.29, 1.82) is 0 Å². The van der Waals surface area contributed by atoms with Crippen molar-refractivity contribution < 1.29 is 0 Å². The largest absolute Gasteiger partial charge is 0.330 e. The van der Waals surface area contributed by atoms with Gasteiger partial charge in [0.05, 0.1) is 10.7 Å². The van der Waals surface area contributed by atoms with Gasteiger partial charge in [-0.3, -0.25) is 0 Å². The monoisotopic (exact) mass is 308 g/mol. The van der Waals surface area contributed by atoms with Crippen LogP contribution in [0, 0.1) is 0 Å². The summed E-state index contributed by atoms with van der Waals surface area (Å²) in [5, 5.41) is 4.07. The highest BCUT2D eigenvalue weighted by atomic mass is 35.5. The third-order valence-electron chi connectivity index (χ3n) is 3.37. The number of thiazole rings is 1. The van der Waals surface area contributed by atoms with E-state index in [9.17, 15) is 0 Å². The van der Waals surface area contributed by atoms with Crippen molar-refractivity contribution in [2.24, 2.45) is 5.73 Å². The molecule has 2 aromatic rings. The van der Waals surface area contributed by atoms with Crippen LogP contribution in [0.15, 0.2) is 29.6 Å². The van der Waals surface area contributed by atoms with Crippen LogP contribution in [0.5, 0.6) is 0 Å². The summed E-state index contributed by atoms with van der Waals surface area (Å²) in [6.45, 7) is 7.17. The topological polar surface area (TPSA) is 38.9 Å². The molecule has 0 fully saturated rings. The minimum atomic E-state index is 0.104. The lowest BCUT2D eigenvalue weighted by Crippen LogP contribution is -2.16. The quantitative estimate of drug-likeness (QED) is 0.910. The molecule has 4 heteroatoms. The summed E-state index contributed by atoms with van der Waals surface area (Å²) in [7, 11) is 0. The standard InChI is InChI=1S/C16H21ClN2S/c1-16(2,3)14-10-20-15(19-14)8-12(9-18)11-4-6-13(17)7-5-11/h4-7,10,12H,8-9,18H2,1-3H3. The highest BCUT2D eigenvalue weighted by Crippen LogP contribution is 2.27. The minimum Gasteiger partial charge on any atom is -0.330 e. The highest BCUT2D eigenvalue weighted by molar-refractivity contribution is 7.09. The molecule has 0 aliphatic rings. The summed E-state index contributed by atoms with van der Waals surface area (Å²) < 4.78 is 0. The van der Waals surface area contributed by atoms with E-state index in [1.807, 2.05) is 12.1 Å². The predicted molar refractivity (Wildman–Crippen MR) is 87.8 cm³/mol. The Bertz CT molecular complexity index is 555. The summed E-state index contributed by atoms with van der Waals surface area (Å²) in [6, 6.07) is 7.94. The van der Waals surface area contributed by atoms with Crippen LogP contribution in [-0.2, 0) is 11.8 Å². The summed E-state index contributed by atoms with van der Waals surface area (Å²) in [6.07, 6.45) is 0.888. The number of nitrogens with zero attached hydrogens (tertiary/aromatic N) is 1. The van der Waals surface area contributed by atoms with Gasteiger partial charge in [-0.1, -0.05) is 44.5 Å². The number of hydrogen-bond acceptors (Lipinski definition) is 3. The van der Waals surface area contributed by atoms with Crippen molar-refractivity contribution in [3.8, 4) is 0 Å². The van der Waals surface area contributed by atoms with Crippen molar-refractivity contribution >= 4 is 22.9 Å². The Balaban J connectivity index is 2.14. The van der Waals surface area contributed by atoms with Gasteiger partial charge in [0.15, 0.2) is 0 Å². The molecule has 0 radical (unpaired) electrons. The molecule has 108 valence electrons. The van der Waals surface area contributed by atoms with Gasteiger partial charge in [0.1, 0.15) is 0 Å². The van der Waals surface area contributed by atoms with Crippen molar-refractivity contribution in [2.75, 3.05) is 6.54 Å². The lowest BCUT2D eigenvalue weighted by Gasteiger charge is -2.15. The smallest absolute Gasteiger partial charge is 0.0935 e. The van der Waals surface area contributed by atoms with Crippen LogP contribution < -0.4 is 5.73 Å². The molecule has 2 N–H and O–H groups in total. The van der Waals surface area contributed by atoms with Crippen LogP contribution >= 0.6 is 22.9 Å². The first-order valence-corrected chi connectivity index (χ1v) is 8.06. The van der Waals surface area contributed by atoms with E-state index in [-0.39, 0.29) is 5.41 Å². The van der Waals surface area contributed by atoms with E-state index in [1.165, 1.54) is 5.56 Å². The molecular formula is C16H21ClN2S. The predicted octanol–water partition coefficient (Wildman–Crippen LogP) is 4.38. The molecule has 0 aliphatic heterocycles. The first-order valence-electron chi connectivity index (χ1n) is 6.80. The van der Waals surface area contributed by atoms with E-state index in [0.29, 0.717) is 12.5 Å². The molecule has 0 saturated carbocycles. The average Bonchev–Trinajstić information content (AvgIpc) is 2.85. The molecule has 1 unspecified atom stereocenters. The van der Waals surface area contributed by atoms with E-state index in [0.717, 1.165) is 22.1 Å². The van der Waals surface area contributed by atoms with Crippen LogP contribution in [0.4, 0.5) is 0 Å². The fourth-order valence-electron chi connectivity index (χ4n) is 2.03. The van der Waals surface area contributed by atoms with Gasteiger partial charge in [0.25, 0.3) is 0 Å². The van der Waals surface area contributed by atoms with E-state index in [1.54, 1.807) is 11.3 Å². The van der Waals surface area contributed by atoms with Gasteiger partial charge in [-0.2, -0.15) is 0 Å². The fourth-order valence-corrected chi connectivity index (χ4v) is 3.26. The molecule has 1 aromatic carbocycles. The zero-order chi connectivity index (χ0) is 14.8. The second-order valence-corrected chi connectivity index (χ2v) is 7.44. The average molecular weight is 309 g/mol. The molecule has 1 aromatic heterocycles. The van der Waals surface area contributed by atoms with E-state index < -0.39 is 0 Å². The second-order valence-electron chi connectivity index (χ2n) is 6.06. The van der Waals surface area contributed by atoms with Gasteiger partial charge >= 0.3 is 0 Å². The maximum atomic E-state index is 5.93. The van der Waals surface area contributed by atoms with Crippen molar-refractivity contribution in [2.45, 2.75) is 38.5 Å². The molecule has 1 atom stereocenters. The molecule has 2 nitrogen and oxygen atoms in total. The Hall–Kier alpha value is -0.900. The van der Waals surface area contributed by atoms with Gasteiger partial charge in [-0.25, -0.2) is 4.98 Å². The van der Waals surface area contributed by atoms with E-state index in [4.69, 9.17) is 22.3 Å². The van der Waals surface area contributed by atoms with Crippen LogP contribution in [0.2, 0.25) is 5.02 Å². The summed E-state index contributed by atoms with van der Waals surface area (Å²) in [5.41, 5.74) is 8.41. The molecule has 20 heavy (non-hydrogen) atoms. The SMILES string of the molecule is CC(C)(C)c1csc(CC(CN)c2ccc(Cl)cc2)n1. The number of aromatic nitrogens is 1. The summed E-state index contributed by atoms with van der Waals surface area (Å²) >= 11 is 7.66. The normalized spacial score (nSPS) is 13.4. The van der Waals surface area contributed by atoms with E-state index in [2.05, 4.69) is 38.3 Å². The highest BCUT2D eigenvalue weighted by Gasteiger charge is 2.19. The molecule has 0 bridgehead atoms. The fraction of sp³-hybridized carbons (Fsp3) is 0.438. The Labute approximate surface area is 130 Å². The van der Waals surface area contributed by atoms with Crippen LogP contribution in [-0.4, -0.2) is 11.5 Å². The Morgan fingerprint density at radius 1 is 1.25 bits per heavy atom. The zero-order valence-corrected chi connectivity index (χ0v) is 13.8. The van der Waals surface area contributed by atoms with Gasteiger partial charge in [0.2, 0.25) is 0 Å². The van der Waals surface area contributed by atoms with Gasteiger partial charge in [-0.15, -0.1) is 11.3 Å². The minimum absolute atomic E-state index is 0.104. The number of benzene rings is 1. The second kappa shape index (κ2) is 6.25. The Morgan fingerprint density at radius 3 is 2.40 bits per heavy atom. The van der Waals surface area contributed by atoms with Crippen LogP contribution in [0.1, 0.15) is 43.0 Å². The maximum Gasteiger partial charge on any atom is 0.0935 e. The third kappa shape index (κ3) is 3.81. The zero-order valence-electron chi connectivity index (χ0n) is 12.2. The summed E-state index contributed by atoms with van der Waals surface area (Å²) in [4.78, 5) is 4.75. The summed E-state index contributed by atoms with van der Waals surface area (Å²) in [5.74, 6) is 0.297. The molecule has 2 rings (SSSR count). The third-order valence-corrected chi connectivity index (χ3v) is 4.49. The lowest BCUT2D eigenvalue weighted by atomic mass is 9.93. The number of halogens is 1. The number of hydrogen-bond donors (Lipinski definition) is 1. The van der Waals surface area contributed by atoms with Crippen molar-refractivity contribution in [1.82, 2.24) is 4.98 Å². The lowest BCUT2D eigenvalue weighted by molar-refractivity contribution is 0.568. The molecule has 0 spiro atoms. The first-order chi connectivity index (χ1) is 9.40. The van der Waals surface area contributed by atoms with Gasteiger partial charge < -0.3 is 5.73 Å². The van der Waals surface area contributed by atoms with Gasteiger partial charge in [-0.05, 0) is 24.2 Å². The van der Waals surface area contributed by atoms with Crippen LogP contribution in [0.3, 0.4) is 0 Å². The van der Waals surface area contributed by atoms with Crippen molar-refractivity contribution in [3.63, 3.8) is 0 Å². The molecular weight excluding hydrogens is 288 g/mol. The Kier molecular flexibility index (Phi) is 4.84. The van der Waals surface area contributed by atoms with Crippen LogP contribution in [0.25, 0.3) is 0 Å². The van der Waals surface area contributed by atoms with E-state index >= 15 is 0 Å².